The fourth-order valence-electron chi connectivity index (χ4n) is 2.63. The minimum Gasteiger partial charge on any atom is -0.306 e. The molecule has 2 heterocycles. The second-order valence-electron chi connectivity index (χ2n) is 4.61. The summed E-state index contributed by atoms with van der Waals surface area (Å²) in [5.41, 5.74) is 3.28. The van der Waals surface area contributed by atoms with Crippen molar-refractivity contribution in [2.45, 2.75) is 0 Å². The number of aromatic nitrogens is 3. The molecule has 0 saturated carbocycles. The lowest BCUT2D eigenvalue weighted by Gasteiger charge is -2.06. The lowest BCUT2D eigenvalue weighted by atomic mass is 10.2. The number of hydrogen-bond acceptors (Lipinski definition) is 2. The van der Waals surface area contributed by atoms with Gasteiger partial charge >= 0.3 is 0 Å². The van der Waals surface area contributed by atoms with Gasteiger partial charge in [0.05, 0.1) is 29.1 Å². The molecule has 0 unspecified atom stereocenters. The maximum absolute atomic E-state index is 4.13. The maximum Gasteiger partial charge on any atom is 0.115 e. The number of benzene rings is 2. The van der Waals surface area contributed by atoms with E-state index in [9.17, 15) is 0 Å². The Morgan fingerprint density at radius 3 is 2.45 bits per heavy atom. The van der Waals surface area contributed by atoms with E-state index in [1.807, 2.05) is 12.4 Å². The molecule has 20 heavy (non-hydrogen) atoms. The van der Waals surface area contributed by atoms with Gasteiger partial charge < -0.3 is 4.57 Å². The third kappa shape index (κ3) is 1.65. The first-order valence-electron chi connectivity index (χ1n) is 6.29. The molecule has 0 aliphatic carbocycles. The normalized spacial score (nSPS) is 11.2. The van der Waals surface area contributed by atoms with Gasteiger partial charge in [-0.05, 0) is 18.2 Å². The molecular formula is C16H10BrN3. The molecule has 2 aromatic carbocycles. The van der Waals surface area contributed by atoms with Gasteiger partial charge in [0, 0.05) is 15.2 Å². The molecular weight excluding hydrogens is 314 g/mol. The monoisotopic (exact) mass is 323 g/mol. The molecule has 0 spiro atoms. The Hall–Kier alpha value is -2.20. The van der Waals surface area contributed by atoms with Crippen molar-refractivity contribution in [2.24, 2.45) is 0 Å². The summed E-state index contributed by atoms with van der Waals surface area (Å²) in [5.74, 6) is 0. The molecule has 0 aliphatic rings. The number of hydrogen-bond donors (Lipinski definition) is 0. The number of rotatable bonds is 1. The quantitative estimate of drug-likeness (QED) is 0.521. The molecule has 0 fully saturated rings. The summed E-state index contributed by atoms with van der Waals surface area (Å²) < 4.78 is 3.25. The van der Waals surface area contributed by atoms with Crippen molar-refractivity contribution in [3.8, 4) is 5.69 Å². The van der Waals surface area contributed by atoms with Gasteiger partial charge in [0.25, 0.3) is 0 Å². The van der Waals surface area contributed by atoms with E-state index in [1.165, 1.54) is 10.8 Å². The molecule has 2 aromatic heterocycles. The number of halogens is 1. The highest BCUT2D eigenvalue weighted by molar-refractivity contribution is 9.10. The molecule has 3 nitrogen and oxygen atoms in total. The summed E-state index contributed by atoms with van der Waals surface area (Å²) in [6, 6.07) is 14.7. The molecule has 0 amide bonds. The molecule has 0 saturated heterocycles. The summed E-state index contributed by atoms with van der Waals surface area (Å²) in [7, 11) is 0. The van der Waals surface area contributed by atoms with Crippen LogP contribution in [-0.4, -0.2) is 14.5 Å². The van der Waals surface area contributed by atoms with E-state index in [0.717, 1.165) is 21.2 Å². The Bertz CT molecular complexity index is 913. The fraction of sp³-hybridized carbons (Fsp3) is 0. The highest BCUT2D eigenvalue weighted by atomic mass is 79.9. The van der Waals surface area contributed by atoms with Crippen molar-refractivity contribution < 1.29 is 0 Å². The second kappa shape index (κ2) is 4.42. The first kappa shape index (κ1) is 11.6. The van der Waals surface area contributed by atoms with Crippen LogP contribution in [0.25, 0.3) is 27.5 Å². The Balaban J connectivity index is 2.23. The van der Waals surface area contributed by atoms with Gasteiger partial charge in [-0.1, -0.05) is 40.2 Å². The van der Waals surface area contributed by atoms with Crippen LogP contribution in [0.2, 0.25) is 0 Å². The fourth-order valence-corrected chi connectivity index (χ4v) is 2.98. The molecule has 4 rings (SSSR count). The average Bonchev–Trinajstić information content (AvgIpc) is 2.81. The van der Waals surface area contributed by atoms with Gasteiger partial charge in [0.1, 0.15) is 6.33 Å². The molecule has 0 bridgehead atoms. The van der Waals surface area contributed by atoms with Crippen LogP contribution in [0.3, 0.4) is 0 Å². The zero-order valence-electron chi connectivity index (χ0n) is 10.5. The highest BCUT2D eigenvalue weighted by Crippen LogP contribution is 2.32. The first-order chi connectivity index (χ1) is 9.84. The van der Waals surface area contributed by atoms with Crippen LogP contribution in [0.1, 0.15) is 0 Å². The third-order valence-corrected chi connectivity index (χ3v) is 3.93. The van der Waals surface area contributed by atoms with Crippen molar-refractivity contribution in [3.05, 3.63) is 65.7 Å². The smallest absolute Gasteiger partial charge is 0.115 e. The van der Waals surface area contributed by atoms with Crippen molar-refractivity contribution in [2.75, 3.05) is 0 Å². The van der Waals surface area contributed by atoms with Crippen LogP contribution in [0.4, 0.5) is 0 Å². The largest absolute Gasteiger partial charge is 0.306 e. The van der Waals surface area contributed by atoms with E-state index < -0.39 is 0 Å². The summed E-state index contributed by atoms with van der Waals surface area (Å²) in [6.07, 6.45) is 5.22. The Labute approximate surface area is 124 Å². The van der Waals surface area contributed by atoms with Crippen molar-refractivity contribution in [1.29, 1.82) is 0 Å². The third-order valence-electron chi connectivity index (χ3n) is 3.44. The zero-order valence-corrected chi connectivity index (χ0v) is 12.1. The van der Waals surface area contributed by atoms with Crippen LogP contribution in [0.15, 0.2) is 65.7 Å². The van der Waals surface area contributed by atoms with Crippen LogP contribution < -0.4 is 0 Å². The maximum atomic E-state index is 4.13. The van der Waals surface area contributed by atoms with E-state index >= 15 is 0 Å². The van der Waals surface area contributed by atoms with Crippen LogP contribution >= 0.6 is 15.9 Å². The van der Waals surface area contributed by atoms with Crippen molar-refractivity contribution >= 4 is 37.7 Å². The van der Waals surface area contributed by atoms with Gasteiger partial charge in [-0.25, -0.2) is 9.97 Å². The topological polar surface area (TPSA) is 30.7 Å². The van der Waals surface area contributed by atoms with Crippen LogP contribution in [0, 0.1) is 0 Å². The van der Waals surface area contributed by atoms with Crippen LogP contribution in [-0.2, 0) is 0 Å². The highest BCUT2D eigenvalue weighted by Gasteiger charge is 2.11. The number of fused-ring (bicyclic) bond motifs is 3. The van der Waals surface area contributed by atoms with Gasteiger partial charge in [0.2, 0.25) is 0 Å². The Morgan fingerprint density at radius 1 is 0.850 bits per heavy atom. The molecule has 96 valence electrons. The molecule has 4 aromatic rings. The predicted octanol–water partition coefficient (Wildman–Crippen LogP) is 4.34. The van der Waals surface area contributed by atoms with E-state index in [-0.39, 0.29) is 0 Å². The molecule has 4 heteroatoms. The SMILES string of the molecule is Brc1ccc2c3ccccc3n(-c3cncnc3)c2c1. The Morgan fingerprint density at radius 2 is 1.60 bits per heavy atom. The summed E-state index contributed by atoms with van der Waals surface area (Å²) in [6.45, 7) is 0. The standard InChI is InChI=1S/C16H10BrN3/c17-11-5-6-14-13-3-1-2-4-15(13)20(16(14)7-11)12-8-18-10-19-9-12/h1-10H. The minimum atomic E-state index is 0.969. The lowest BCUT2D eigenvalue weighted by Crippen LogP contribution is -1.95. The van der Waals surface area contributed by atoms with Gasteiger partial charge in [-0.2, -0.15) is 0 Å². The van der Waals surface area contributed by atoms with E-state index in [4.69, 9.17) is 0 Å². The summed E-state index contributed by atoms with van der Waals surface area (Å²) in [5, 5.41) is 2.46. The average molecular weight is 324 g/mol. The predicted molar refractivity (Wildman–Crippen MR) is 84.1 cm³/mol. The van der Waals surface area contributed by atoms with Gasteiger partial charge in [-0.3, -0.25) is 0 Å². The van der Waals surface area contributed by atoms with Gasteiger partial charge in [0.15, 0.2) is 0 Å². The lowest BCUT2D eigenvalue weighted by molar-refractivity contribution is 1.07. The zero-order chi connectivity index (χ0) is 13.5. The number of para-hydroxylation sites is 1. The van der Waals surface area contributed by atoms with Crippen molar-refractivity contribution in [1.82, 2.24) is 14.5 Å². The van der Waals surface area contributed by atoms with Gasteiger partial charge in [-0.15, -0.1) is 0 Å². The molecule has 0 atom stereocenters. The summed E-state index contributed by atoms with van der Waals surface area (Å²) >= 11 is 3.55. The molecule has 0 N–H and O–H groups in total. The molecule has 0 radical (unpaired) electrons. The Kier molecular flexibility index (Phi) is 2.57. The van der Waals surface area contributed by atoms with Crippen LogP contribution in [0.5, 0.6) is 0 Å². The second-order valence-corrected chi connectivity index (χ2v) is 5.53. The number of nitrogens with zero attached hydrogens (tertiary/aromatic N) is 3. The van der Waals surface area contributed by atoms with Crippen molar-refractivity contribution in [3.63, 3.8) is 0 Å². The first-order valence-corrected chi connectivity index (χ1v) is 7.08. The van der Waals surface area contributed by atoms with E-state index in [1.54, 1.807) is 6.33 Å². The molecule has 0 aliphatic heterocycles. The minimum absolute atomic E-state index is 0.969. The van der Waals surface area contributed by atoms with E-state index in [2.05, 4.69) is 72.9 Å². The summed E-state index contributed by atoms with van der Waals surface area (Å²) in [4.78, 5) is 8.27. The van der Waals surface area contributed by atoms with E-state index in [0.29, 0.717) is 0 Å².